The molecule has 0 radical (unpaired) electrons. The fourth-order valence-corrected chi connectivity index (χ4v) is 3.60. The smallest absolute Gasteiger partial charge is 0.348 e. The first-order valence-electron chi connectivity index (χ1n) is 5.27. The Morgan fingerprint density at radius 1 is 1.44 bits per heavy atom. The Morgan fingerprint density at radius 3 is 2.88 bits per heavy atom. The molecule has 0 aliphatic carbocycles. The lowest BCUT2D eigenvalue weighted by Gasteiger charge is -2.25. The standard InChI is InChI=1S/C11H15NO2S2/c1-14-11(13)10-3-2-9(16-10)8-12-4-6-15-7-5-12/h2-3H,4-8H2,1H3. The molecule has 0 atom stereocenters. The van der Waals surface area contributed by atoms with Crippen molar-refractivity contribution in [3.05, 3.63) is 21.9 Å². The Morgan fingerprint density at radius 2 is 2.19 bits per heavy atom. The van der Waals surface area contributed by atoms with Crippen LogP contribution in [0.25, 0.3) is 0 Å². The Kier molecular flexibility index (Phi) is 4.26. The highest BCUT2D eigenvalue weighted by Gasteiger charge is 2.13. The van der Waals surface area contributed by atoms with Crippen molar-refractivity contribution < 1.29 is 9.53 Å². The summed E-state index contributed by atoms with van der Waals surface area (Å²) in [6.07, 6.45) is 0. The average molecular weight is 257 g/mol. The second-order valence-corrected chi connectivity index (χ2v) is 6.04. The minimum absolute atomic E-state index is 0.231. The van der Waals surface area contributed by atoms with E-state index in [1.54, 1.807) is 0 Å². The topological polar surface area (TPSA) is 29.5 Å². The van der Waals surface area contributed by atoms with Crippen molar-refractivity contribution in [3.63, 3.8) is 0 Å². The SMILES string of the molecule is COC(=O)c1ccc(CN2CCSCC2)s1. The van der Waals surface area contributed by atoms with E-state index in [4.69, 9.17) is 4.74 Å². The van der Waals surface area contributed by atoms with Crippen molar-refractivity contribution in [1.29, 1.82) is 0 Å². The summed E-state index contributed by atoms with van der Waals surface area (Å²) in [5, 5.41) is 0. The molecule has 16 heavy (non-hydrogen) atoms. The van der Waals surface area contributed by atoms with Gasteiger partial charge in [-0.15, -0.1) is 11.3 Å². The minimum atomic E-state index is -0.231. The molecule has 1 aromatic heterocycles. The zero-order valence-corrected chi connectivity index (χ0v) is 10.9. The Balaban J connectivity index is 1.94. The van der Waals surface area contributed by atoms with Crippen molar-refractivity contribution in [1.82, 2.24) is 4.90 Å². The maximum absolute atomic E-state index is 11.3. The van der Waals surface area contributed by atoms with Gasteiger partial charge in [0.1, 0.15) is 4.88 Å². The van der Waals surface area contributed by atoms with E-state index in [1.807, 2.05) is 23.9 Å². The zero-order valence-electron chi connectivity index (χ0n) is 9.27. The summed E-state index contributed by atoms with van der Waals surface area (Å²) in [6.45, 7) is 3.26. The predicted octanol–water partition coefficient (Wildman–Crippen LogP) is 2.08. The second-order valence-electron chi connectivity index (χ2n) is 3.65. The molecule has 0 amide bonds. The summed E-state index contributed by atoms with van der Waals surface area (Å²) in [6, 6.07) is 3.88. The molecule has 1 saturated heterocycles. The van der Waals surface area contributed by atoms with Crippen LogP contribution in [0.5, 0.6) is 0 Å². The molecule has 5 heteroatoms. The van der Waals surface area contributed by atoms with Crippen LogP contribution in [0.1, 0.15) is 14.5 Å². The lowest BCUT2D eigenvalue weighted by molar-refractivity contribution is 0.0606. The molecule has 2 heterocycles. The number of ether oxygens (including phenoxy) is 1. The van der Waals surface area contributed by atoms with Gasteiger partial charge in [0.25, 0.3) is 0 Å². The molecule has 0 aromatic carbocycles. The number of rotatable bonds is 3. The first kappa shape index (κ1) is 12.0. The third-order valence-corrected chi connectivity index (χ3v) is 4.52. The maximum Gasteiger partial charge on any atom is 0.348 e. The highest BCUT2D eigenvalue weighted by Crippen LogP contribution is 2.20. The van der Waals surface area contributed by atoms with Crippen molar-refractivity contribution in [2.75, 3.05) is 31.7 Å². The quantitative estimate of drug-likeness (QED) is 0.776. The molecule has 3 nitrogen and oxygen atoms in total. The largest absolute Gasteiger partial charge is 0.465 e. The van der Waals surface area contributed by atoms with E-state index in [0.29, 0.717) is 4.88 Å². The number of methoxy groups -OCH3 is 1. The van der Waals surface area contributed by atoms with Gasteiger partial charge >= 0.3 is 5.97 Å². The van der Waals surface area contributed by atoms with Crippen molar-refractivity contribution in [3.8, 4) is 0 Å². The van der Waals surface area contributed by atoms with Crippen LogP contribution in [0.15, 0.2) is 12.1 Å². The first-order valence-corrected chi connectivity index (χ1v) is 7.24. The average Bonchev–Trinajstić information content (AvgIpc) is 2.78. The zero-order chi connectivity index (χ0) is 11.4. The van der Waals surface area contributed by atoms with Crippen LogP contribution in [0.4, 0.5) is 0 Å². The summed E-state index contributed by atoms with van der Waals surface area (Å²) in [7, 11) is 1.42. The fourth-order valence-electron chi connectivity index (χ4n) is 1.65. The number of esters is 1. The van der Waals surface area contributed by atoms with Gasteiger partial charge in [-0.25, -0.2) is 4.79 Å². The molecule has 1 aliphatic rings. The van der Waals surface area contributed by atoms with Crippen LogP contribution < -0.4 is 0 Å². The minimum Gasteiger partial charge on any atom is -0.465 e. The third kappa shape index (κ3) is 2.99. The number of hydrogen-bond donors (Lipinski definition) is 0. The lowest BCUT2D eigenvalue weighted by atomic mass is 10.4. The van der Waals surface area contributed by atoms with Gasteiger partial charge in [-0.1, -0.05) is 0 Å². The van der Waals surface area contributed by atoms with E-state index in [-0.39, 0.29) is 5.97 Å². The van der Waals surface area contributed by atoms with Gasteiger partial charge in [0.2, 0.25) is 0 Å². The van der Waals surface area contributed by atoms with Gasteiger partial charge in [0, 0.05) is 36.0 Å². The van der Waals surface area contributed by atoms with Crippen LogP contribution in [-0.4, -0.2) is 42.6 Å². The summed E-state index contributed by atoms with van der Waals surface area (Å²) < 4.78 is 4.69. The normalized spacial score (nSPS) is 17.3. The van der Waals surface area contributed by atoms with Crippen molar-refractivity contribution in [2.45, 2.75) is 6.54 Å². The highest BCUT2D eigenvalue weighted by atomic mass is 32.2. The van der Waals surface area contributed by atoms with Gasteiger partial charge in [0.15, 0.2) is 0 Å². The molecule has 0 spiro atoms. The van der Waals surface area contributed by atoms with Crippen LogP contribution in [-0.2, 0) is 11.3 Å². The molecule has 0 N–H and O–H groups in total. The van der Waals surface area contributed by atoms with E-state index < -0.39 is 0 Å². The predicted molar refractivity (Wildman–Crippen MR) is 68.3 cm³/mol. The lowest BCUT2D eigenvalue weighted by Crippen LogP contribution is -2.31. The molecular formula is C11H15NO2S2. The van der Waals surface area contributed by atoms with Crippen molar-refractivity contribution >= 4 is 29.1 Å². The second kappa shape index (κ2) is 5.70. The Hall–Kier alpha value is -0.520. The molecular weight excluding hydrogens is 242 g/mol. The van der Waals surface area contributed by atoms with Gasteiger partial charge in [-0.2, -0.15) is 11.8 Å². The number of nitrogens with zero attached hydrogens (tertiary/aromatic N) is 1. The van der Waals surface area contributed by atoms with Gasteiger partial charge < -0.3 is 4.74 Å². The maximum atomic E-state index is 11.3. The molecule has 0 unspecified atom stereocenters. The number of carbonyl (C=O) groups is 1. The molecule has 1 aliphatic heterocycles. The number of thiophene rings is 1. The molecule has 1 aromatic rings. The number of hydrogen-bond acceptors (Lipinski definition) is 5. The van der Waals surface area contributed by atoms with Gasteiger partial charge in [-0.3, -0.25) is 4.90 Å². The van der Waals surface area contributed by atoms with E-state index in [2.05, 4.69) is 4.90 Å². The van der Waals surface area contributed by atoms with E-state index in [9.17, 15) is 4.79 Å². The Bertz CT molecular complexity index is 359. The molecule has 88 valence electrons. The molecule has 2 rings (SSSR count). The van der Waals surface area contributed by atoms with Crippen molar-refractivity contribution in [2.24, 2.45) is 0 Å². The Labute approximate surface area is 104 Å². The van der Waals surface area contributed by atoms with Crippen LogP contribution in [0.3, 0.4) is 0 Å². The van der Waals surface area contributed by atoms with Gasteiger partial charge in [0.05, 0.1) is 7.11 Å². The molecule has 0 saturated carbocycles. The van der Waals surface area contributed by atoms with Crippen LogP contribution >= 0.6 is 23.1 Å². The third-order valence-electron chi connectivity index (χ3n) is 2.53. The van der Waals surface area contributed by atoms with E-state index in [0.717, 1.165) is 19.6 Å². The van der Waals surface area contributed by atoms with Gasteiger partial charge in [-0.05, 0) is 12.1 Å². The van der Waals surface area contributed by atoms with E-state index in [1.165, 1.54) is 34.8 Å². The van der Waals surface area contributed by atoms with Crippen LogP contribution in [0.2, 0.25) is 0 Å². The number of thioether (sulfide) groups is 1. The first-order chi connectivity index (χ1) is 7.79. The summed E-state index contributed by atoms with van der Waals surface area (Å²) in [4.78, 5) is 15.7. The monoisotopic (exact) mass is 257 g/mol. The van der Waals surface area contributed by atoms with E-state index >= 15 is 0 Å². The number of carbonyl (C=O) groups excluding carboxylic acids is 1. The highest BCUT2D eigenvalue weighted by molar-refractivity contribution is 7.99. The van der Waals surface area contributed by atoms with Crippen LogP contribution in [0, 0.1) is 0 Å². The molecule has 0 bridgehead atoms. The summed E-state index contributed by atoms with van der Waals surface area (Å²) >= 11 is 3.55. The fraction of sp³-hybridized carbons (Fsp3) is 0.545. The summed E-state index contributed by atoms with van der Waals surface area (Å²) in [5.74, 6) is 2.20. The summed E-state index contributed by atoms with van der Waals surface area (Å²) in [5.41, 5.74) is 0. The molecule has 1 fully saturated rings.